The van der Waals surface area contributed by atoms with Gasteiger partial charge in [-0.25, -0.2) is 4.98 Å². The Morgan fingerprint density at radius 3 is 2.19 bits per heavy atom. The predicted molar refractivity (Wildman–Crippen MR) is 104 cm³/mol. The molecule has 0 fully saturated rings. The van der Waals surface area contributed by atoms with Crippen LogP contribution in [0.15, 0.2) is 65.4 Å². The molecule has 0 spiro atoms. The second kappa shape index (κ2) is 7.55. The lowest BCUT2D eigenvalue weighted by Crippen LogP contribution is -2.15. The van der Waals surface area contributed by atoms with E-state index in [4.69, 9.17) is 4.52 Å². The molecule has 0 atom stereocenters. The van der Waals surface area contributed by atoms with Crippen molar-refractivity contribution in [2.45, 2.75) is 20.0 Å². The lowest BCUT2D eigenvalue weighted by Gasteiger charge is -2.07. The van der Waals surface area contributed by atoms with Crippen LogP contribution < -0.4 is 5.32 Å². The van der Waals surface area contributed by atoms with Crippen LogP contribution in [0.5, 0.6) is 0 Å². The van der Waals surface area contributed by atoms with Crippen LogP contribution in [-0.4, -0.2) is 19.7 Å². The quantitative estimate of drug-likeness (QED) is 0.568. The molecule has 0 aliphatic carbocycles. The highest BCUT2D eigenvalue weighted by Crippen LogP contribution is 2.23. The Morgan fingerprint density at radius 2 is 1.59 bits per heavy atom. The van der Waals surface area contributed by atoms with Gasteiger partial charge in [0.25, 0.3) is 0 Å². The second-order valence-electron chi connectivity index (χ2n) is 6.47. The molecule has 4 rings (SSSR count). The fraction of sp³-hybridized carbons (Fsp3) is 0.190. The van der Waals surface area contributed by atoms with Crippen molar-refractivity contribution in [1.29, 1.82) is 0 Å². The molecule has 2 aromatic heterocycles. The third-order valence-corrected chi connectivity index (χ3v) is 4.49. The monoisotopic (exact) mass is 359 g/mol. The van der Waals surface area contributed by atoms with E-state index in [1.807, 2.05) is 36.1 Å². The van der Waals surface area contributed by atoms with Crippen LogP contribution in [0.1, 0.15) is 17.3 Å². The van der Waals surface area contributed by atoms with Gasteiger partial charge in [-0.15, -0.1) is 0 Å². The Balaban J connectivity index is 1.39. The first-order valence-corrected chi connectivity index (χ1v) is 8.86. The molecular weight excluding hydrogens is 338 g/mol. The molecule has 2 aromatic carbocycles. The van der Waals surface area contributed by atoms with Gasteiger partial charge in [-0.05, 0) is 16.7 Å². The van der Waals surface area contributed by atoms with Crippen molar-refractivity contribution in [3.8, 4) is 22.5 Å². The molecule has 4 aromatic rings. The third kappa shape index (κ3) is 3.96. The van der Waals surface area contributed by atoms with Crippen LogP contribution in [0.25, 0.3) is 22.5 Å². The van der Waals surface area contributed by atoms with Crippen molar-refractivity contribution in [1.82, 2.24) is 25.0 Å². The zero-order chi connectivity index (χ0) is 18.6. The highest BCUT2D eigenvalue weighted by atomic mass is 16.5. The van der Waals surface area contributed by atoms with Gasteiger partial charge in [0.05, 0.1) is 6.54 Å². The molecule has 27 heavy (non-hydrogen) atoms. The van der Waals surface area contributed by atoms with E-state index in [0.29, 0.717) is 11.7 Å². The summed E-state index contributed by atoms with van der Waals surface area (Å²) < 4.78 is 7.06. The van der Waals surface area contributed by atoms with Crippen molar-refractivity contribution in [3.63, 3.8) is 0 Å². The Bertz CT molecular complexity index is 1020. The first kappa shape index (κ1) is 17.2. The van der Waals surface area contributed by atoms with Crippen LogP contribution in [0, 0.1) is 6.92 Å². The molecule has 0 radical (unpaired) electrons. The van der Waals surface area contributed by atoms with E-state index in [-0.39, 0.29) is 0 Å². The molecule has 136 valence electrons. The van der Waals surface area contributed by atoms with Crippen LogP contribution in [0.3, 0.4) is 0 Å². The molecular formula is C21H21N5O. The molecule has 0 saturated carbocycles. The first-order valence-electron chi connectivity index (χ1n) is 8.86. The summed E-state index contributed by atoms with van der Waals surface area (Å²) in [4.78, 5) is 8.57. The summed E-state index contributed by atoms with van der Waals surface area (Å²) in [5, 5.41) is 7.38. The summed E-state index contributed by atoms with van der Waals surface area (Å²) in [6.45, 7) is 3.35. The van der Waals surface area contributed by atoms with E-state index in [1.54, 1.807) is 6.92 Å². The zero-order valence-electron chi connectivity index (χ0n) is 15.4. The van der Waals surface area contributed by atoms with Gasteiger partial charge in [0.2, 0.25) is 11.7 Å². The van der Waals surface area contributed by atoms with E-state index in [0.717, 1.165) is 30.0 Å². The van der Waals surface area contributed by atoms with Crippen molar-refractivity contribution < 1.29 is 4.52 Å². The highest BCUT2D eigenvalue weighted by molar-refractivity contribution is 5.67. The maximum atomic E-state index is 5.04. The third-order valence-electron chi connectivity index (χ3n) is 4.49. The summed E-state index contributed by atoms with van der Waals surface area (Å²) in [6, 6.07) is 16.8. The van der Waals surface area contributed by atoms with Gasteiger partial charge < -0.3 is 14.4 Å². The number of nitrogens with zero attached hydrogens (tertiary/aromatic N) is 4. The van der Waals surface area contributed by atoms with Gasteiger partial charge in [-0.1, -0.05) is 53.7 Å². The summed E-state index contributed by atoms with van der Waals surface area (Å²) >= 11 is 0. The summed E-state index contributed by atoms with van der Waals surface area (Å²) in [5.41, 5.74) is 4.53. The van der Waals surface area contributed by atoms with Crippen LogP contribution in [0.4, 0.5) is 0 Å². The van der Waals surface area contributed by atoms with E-state index in [9.17, 15) is 0 Å². The van der Waals surface area contributed by atoms with Crippen molar-refractivity contribution in [2.24, 2.45) is 7.05 Å². The molecule has 2 heterocycles. The Morgan fingerprint density at radius 1 is 0.926 bits per heavy atom. The minimum absolute atomic E-state index is 0.571. The van der Waals surface area contributed by atoms with Crippen LogP contribution in [0.2, 0.25) is 0 Å². The van der Waals surface area contributed by atoms with E-state index in [1.165, 1.54) is 11.1 Å². The molecule has 0 aliphatic heterocycles. The van der Waals surface area contributed by atoms with Gasteiger partial charge in [-0.3, -0.25) is 0 Å². The zero-order valence-corrected chi connectivity index (χ0v) is 15.4. The van der Waals surface area contributed by atoms with Crippen molar-refractivity contribution in [2.75, 3.05) is 0 Å². The number of hydrogen-bond donors (Lipinski definition) is 1. The minimum atomic E-state index is 0.571. The van der Waals surface area contributed by atoms with Crippen LogP contribution >= 0.6 is 0 Å². The number of benzene rings is 2. The second-order valence-corrected chi connectivity index (χ2v) is 6.47. The fourth-order valence-corrected chi connectivity index (χ4v) is 2.93. The van der Waals surface area contributed by atoms with E-state index in [2.05, 4.69) is 56.8 Å². The first-order chi connectivity index (χ1) is 13.2. The van der Waals surface area contributed by atoms with Crippen molar-refractivity contribution in [3.05, 3.63) is 78.2 Å². The molecule has 0 bridgehead atoms. The topological polar surface area (TPSA) is 68.8 Å². The number of rotatable bonds is 6. The Labute approximate surface area is 157 Å². The van der Waals surface area contributed by atoms with E-state index >= 15 is 0 Å². The molecule has 0 unspecified atom stereocenters. The van der Waals surface area contributed by atoms with Gasteiger partial charge >= 0.3 is 0 Å². The minimum Gasteiger partial charge on any atom is -0.339 e. The van der Waals surface area contributed by atoms with Gasteiger partial charge in [-0.2, -0.15) is 4.98 Å². The fourth-order valence-electron chi connectivity index (χ4n) is 2.93. The molecule has 6 heteroatoms. The smallest absolute Gasteiger partial charge is 0.223 e. The Kier molecular flexibility index (Phi) is 4.80. The average molecular weight is 359 g/mol. The highest BCUT2D eigenvalue weighted by Gasteiger charge is 2.06. The van der Waals surface area contributed by atoms with Crippen molar-refractivity contribution >= 4 is 0 Å². The maximum absolute atomic E-state index is 5.04. The summed E-state index contributed by atoms with van der Waals surface area (Å²) in [5.74, 6) is 2.22. The Hall–Kier alpha value is -3.25. The summed E-state index contributed by atoms with van der Waals surface area (Å²) in [7, 11) is 2.00. The summed E-state index contributed by atoms with van der Waals surface area (Å²) in [6.07, 6.45) is 3.77. The molecule has 1 N–H and O–H groups in total. The molecule has 6 nitrogen and oxygen atoms in total. The average Bonchev–Trinajstić information content (AvgIpc) is 3.31. The largest absolute Gasteiger partial charge is 0.339 e. The van der Waals surface area contributed by atoms with Gasteiger partial charge in [0, 0.05) is 38.5 Å². The number of aromatic nitrogens is 4. The predicted octanol–water partition coefficient (Wildman–Crippen LogP) is 3.74. The number of nitrogens with one attached hydrogen (secondary N) is 1. The number of aryl methyl sites for hydroxylation is 2. The maximum Gasteiger partial charge on any atom is 0.223 e. The standard InChI is InChI=1S/C21H21N5O/c1-15-24-21(25-27-15)19-9-7-18(8-10-19)17-5-3-16(4-6-17)13-22-14-20-23-11-12-26(20)2/h3-12,22H,13-14H2,1-2H3. The number of imidazole rings is 1. The van der Waals surface area contributed by atoms with Gasteiger partial charge in [0.1, 0.15) is 5.82 Å². The van der Waals surface area contributed by atoms with E-state index < -0.39 is 0 Å². The normalized spacial score (nSPS) is 11.0. The van der Waals surface area contributed by atoms with Gasteiger partial charge in [0.15, 0.2) is 0 Å². The lowest BCUT2D eigenvalue weighted by atomic mass is 10.0. The number of hydrogen-bond acceptors (Lipinski definition) is 5. The van der Waals surface area contributed by atoms with Crippen LogP contribution in [-0.2, 0) is 20.1 Å². The molecule has 0 aliphatic rings. The lowest BCUT2D eigenvalue weighted by molar-refractivity contribution is 0.394. The molecule has 0 amide bonds. The SMILES string of the molecule is Cc1nc(-c2ccc(-c3ccc(CNCc4nccn4C)cc3)cc2)no1. The molecule has 0 saturated heterocycles.